The van der Waals surface area contributed by atoms with Crippen molar-refractivity contribution in [1.29, 1.82) is 0 Å². The first-order valence-corrected chi connectivity index (χ1v) is 7.49. The number of carbonyl (C=O) groups excluding carboxylic acids is 1. The van der Waals surface area contributed by atoms with Crippen LogP contribution in [0.5, 0.6) is 0 Å². The summed E-state index contributed by atoms with van der Waals surface area (Å²) in [5.41, 5.74) is 0.395. The summed E-state index contributed by atoms with van der Waals surface area (Å²) in [6.45, 7) is 0. The van der Waals surface area contributed by atoms with Gasteiger partial charge in [0.1, 0.15) is 12.0 Å². The van der Waals surface area contributed by atoms with Crippen LogP contribution in [0.4, 0.5) is 10.1 Å². The van der Waals surface area contributed by atoms with E-state index in [-0.39, 0.29) is 16.4 Å². The molecule has 0 fully saturated rings. The van der Waals surface area contributed by atoms with Crippen LogP contribution in [0, 0.1) is 5.82 Å². The average molecular weight is 363 g/mol. The lowest BCUT2D eigenvalue weighted by atomic mass is 10.1. The second-order valence-electron chi connectivity index (χ2n) is 4.71. The quantitative estimate of drug-likeness (QED) is 0.756. The third-order valence-electron chi connectivity index (χ3n) is 3.12. The predicted octanol–water partition coefficient (Wildman–Crippen LogP) is 4.24. The number of pyridine rings is 1. The fraction of sp³-hybridized carbons (Fsp3) is 0. The maximum absolute atomic E-state index is 14.7. The Morgan fingerprint density at radius 3 is 2.67 bits per heavy atom. The minimum Gasteiger partial charge on any atom is -0.319 e. The smallest absolute Gasteiger partial charge is 0.277 e. The van der Waals surface area contributed by atoms with E-state index in [9.17, 15) is 9.18 Å². The van der Waals surface area contributed by atoms with E-state index >= 15 is 0 Å². The summed E-state index contributed by atoms with van der Waals surface area (Å²) in [5.74, 6) is -1.55. The Labute approximate surface area is 146 Å². The third-order valence-corrected chi connectivity index (χ3v) is 3.86. The van der Waals surface area contributed by atoms with Crippen LogP contribution in [-0.4, -0.2) is 20.9 Å². The van der Waals surface area contributed by atoms with Crippen molar-refractivity contribution in [2.75, 3.05) is 5.32 Å². The number of halogens is 3. The van der Waals surface area contributed by atoms with Crippen molar-refractivity contribution in [1.82, 2.24) is 15.0 Å². The van der Waals surface area contributed by atoms with Gasteiger partial charge in [-0.05, 0) is 24.3 Å². The number of rotatable bonds is 3. The second-order valence-corrected chi connectivity index (χ2v) is 5.52. The number of hydrogen-bond acceptors (Lipinski definition) is 4. The van der Waals surface area contributed by atoms with Crippen LogP contribution in [0.2, 0.25) is 10.0 Å². The lowest BCUT2D eigenvalue weighted by Crippen LogP contribution is -2.16. The van der Waals surface area contributed by atoms with Gasteiger partial charge in [-0.1, -0.05) is 29.3 Å². The van der Waals surface area contributed by atoms with E-state index in [4.69, 9.17) is 23.2 Å². The van der Waals surface area contributed by atoms with Crippen molar-refractivity contribution in [3.63, 3.8) is 0 Å². The molecule has 0 aliphatic rings. The van der Waals surface area contributed by atoms with Crippen LogP contribution in [-0.2, 0) is 0 Å². The SMILES string of the molecule is O=C(Nc1cccnc1)c1ncnc(-c2ccc(Cl)c(Cl)c2)c1F. The highest BCUT2D eigenvalue weighted by atomic mass is 35.5. The van der Waals surface area contributed by atoms with Crippen LogP contribution in [0.25, 0.3) is 11.3 Å². The highest BCUT2D eigenvalue weighted by molar-refractivity contribution is 6.42. The molecule has 24 heavy (non-hydrogen) atoms. The van der Waals surface area contributed by atoms with Crippen molar-refractivity contribution in [3.8, 4) is 11.3 Å². The highest BCUT2D eigenvalue weighted by Crippen LogP contribution is 2.29. The molecule has 1 N–H and O–H groups in total. The van der Waals surface area contributed by atoms with Gasteiger partial charge in [-0.3, -0.25) is 9.78 Å². The summed E-state index contributed by atoms with van der Waals surface area (Å²) in [6.07, 6.45) is 4.11. The van der Waals surface area contributed by atoms with E-state index < -0.39 is 11.7 Å². The van der Waals surface area contributed by atoms with Crippen molar-refractivity contribution in [2.45, 2.75) is 0 Å². The first-order valence-electron chi connectivity index (χ1n) is 6.73. The molecule has 5 nitrogen and oxygen atoms in total. The molecule has 2 aromatic heterocycles. The predicted molar refractivity (Wildman–Crippen MR) is 89.6 cm³/mol. The number of aromatic nitrogens is 3. The number of benzene rings is 1. The molecule has 0 bridgehead atoms. The zero-order valence-corrected chi connectivity index (χ0v) is 13.5. The molecule has 0 saturated heterocycles. The molecule has 0 saturated carbocycles. The van der Waals surface area contributed by atoms with E-state index in [0.29, 0.717) is 16.3 Å². The Morgan fingerprint density at radius 1 is 1.12 bits per heavy atom. The lowest BCUT2D eigenvalue weighted by Gasteiger charge is -2.08. The highest BCUT2D eigenvalue weighted by Gasteiger charge is 2.19. The number of nitrogens with zero attached hydrogens (tertiary/aromatic N) is 3. The Kier molecular flexibility index (Phi) is 4.69. The maximum atomic E-state index is 14.7. The molecule has 0 unspecified atom stereocenters. The number of nitrogens with one attached hydrogen (secondary N) is 1. The molecule has 0 spiro atoms. The van der Waals surface area contributed by atoms with E-state index in [0.717, 1.165) is 6.33 Å². The molecule has 3 rings (SSSR count). The first kappa shape index (κ1) is 16.3. The van der Waals surface area contributed by atoms with Gasteiger partial charge >= 0.3 is 0 Å². The minimum absolute atomic E-state index is 0.0418. The summed E-state index contributed by atoms with van der Waals surface area (Å²) in [6, 6.07) is 7.83. The van der Waals surface area contributed by atoms with Gasteiger partial charge in [0.15, 0.2) is 11.5 Å². The van der Waals surface area contributed by atoms with Gasteiger partial charge in [0.05, 0.1) is 21.9 Å². The molecule has 0 radical (unpaired) electrons. The van der Waals surface area contributed by atoms with E-state index in [1.54, 1.807) is 24.4 Å². The van der Waals surface area contributed by atoms with Gasteiger partial charge < -0.3 is 5.32 Å². The lowest BCUT2D eigenvalue weighted by molar-refractivity contribution is 0.101. The van der Waals surface area contributed by atoms with Crippen molar-refractivity contribution < 1.29 is 9.18 Å². The molecule has 0 aliphatic carbocycles. The van der Waals surface area contributed by atoms with Crippen molar-refractivity contribution in [3.05, 3.63) is 70.6 Å². The normalized spacial score (nSPS) is 10.5. The van der Waals surface area contributed by atoms with Crippen molar-refractivity contribution >= 4 is 34.8 Å². The second kappa shape index (κ2) is 6.90. The number of hydrogen-bond donors (Lipinski definition) is 1. The first-order chi connectivity index (χ1) is 11.6. The molecule has 8 heteroatoms. The van der Waals surface area contributed by atoms with Gasteiger partial charge in [0.25, 0.3) is 5.91 Å². The third kappa shape index (κ3) is 3.34. The van der Waals surface area contributed by atoms with Gasteiger partial charge in [0, 0.05) is 11.8 Å². The number of carbonyl (C=O) groups is 1. The summed E-state index contributed by atoms with van der Waals surface area (Å²) in [4.78, 5) is 23.7. The van der Waals surface area contributed by atoms with E-state index in [1.165, 1.54) is 18.3 Å². The molecule has 2 heterocycles. The van der Waals surface area contributed by atoms with Crippen LogP contribution in [0.1, 0.15) is 10.5 Å². The molecule has 1 aromatic carbocycles. The Balaban J connectivity index is 1.96. The molecule has 3 aromatic rings. The molecule has 120 valence electrons. The minimum atomic E-state index is -0.850. The van der Waals surface area contributed by atoms with E-state index in [1.807, 2.05) is 0 Å². The van der Waals surface area contributed by atoms with Crippen molar-refractivity contribution in [2.24, 2.45) is 0 Å². The molecular weight excluding hydrogens is 354 g/mol. The Hall–Kier alpha value is -2.57. The van der Waals surface area contributed by atoms with Gasteiger partial charge in [-0.15, -0.1) is 0 Å². The Bertz CT molecular complexity index is 906. The average Bonchev–Trinajstić information content (AvgIpc) is 2.58. The van der Waals surface area contributed by atoms with Crippen LogP contribution in [0.3, 0.4) is 0 Å². The topological polar surface area (TPSA) is 67.8 Å². The standard InChI is InChI=1S/C16H9Cl2FN4O/c17-11-4-3-9(6-12(11)18)14-13(19)15(22-8-21-14)16(24)23-10-2-1-5-20-7-10/h1-8H,(H,23,24). The van der Waals surface area contributed by atoms with Gasteiger partial charge in [-0.2, -0.15) is 0 Å². The maximum Gasteiger partial charge on any atom is 0.277 e. The fourth-order valence-electron chi connectivity index (χ4n) is 2.00. The largest absolute Gasteiger partial charge is 0.319 e. The van der Waals surface area contributed by atoms with Crippen LogP contribution < -0.4 is 5.32 Å². The van der Waals surface area contributed by atoms with E-state index in [2.05, 4.69) is 20.3 Å². The summed E-state index contributed by atoms with van der Waals surface area (Å²) < 4.78 is 14.7. The molecule has 0 aliphatic heterocycles. The van der Waals surface area contributed by atoms with Crippen LogP contribution in [0.15, 0.2) is 49.1 Å². The molecular formula is C16H9Cl2FN4O. The molecule has 0 atom stereocenters. The Morgan fingerprint density at radius 2 is 1.96 bits per heavy atom. The van der Waals surface area contributed by atoms with Crippen LogP contribution >= 0.6 is 23.2 Å². The monoisotopic (exact) mass is 362 g/mol. The summed E-state index contributed by atoms with van der Waals surface area (Å²) >= 11 is 11.8. The van der Waals surface area contributed by atoms with Gasteiger partial charge in [0.2, 0.25) is 0 Å². The fourth-order valence-corrected chi connectivity index (χ4v) is 2.30. The molecule has 1 amide bonds. The zero-order chi connectivity index (χ0) is 17.1. The summed E-state index contributed by atoms with van der Waals surface area (Å²) in [5, 5.41) is 3.11. The zero-order valence-electron chi connectivity index (χ0n) is 12.0. The number of anilines is 1. The van der Waals surface area contributed by atoms with Gasteiger partial charge in [-0.25, -0.2) is 14.4 Å². The number of amides is 1. The summed E-state index contributed by atoms with van der Waals surface area (Å²) in [7, 11) is 0.